The van der Waals surface area contributed by atoms with Crippen LogP contribution in [0.3, 0.4) is 0 Å². The number of nitro benzene ring substituents is 2. The molecule has 30 heteroatoms. The van der Waals surface area contributed by atoms with Gasteiger partial charge in [-0.3, -0.25) is 25.0 Å². The number of nitro groups is 2. The van der Waals surface area contributed by atoms with Crippen molar-refractivity contribution in [3.8, 4) is 52.4 Å². The maximum atomic E-state index is 10.7. The molecule has 8 N–H and O–H groups in total. The molecule has 0 amide bonds. The van der Waals surface area contributed by atoms with Gasteiger partial charge in [0.05, 0.1) is 73.8 Å². The maximum absolute atomic E-state index is 10.7. The number of rotatable bonds is 21. The van der Waals surface area contributed by atoms with Crippen LogP contribution in [0.1, 0.15) is 241 Å². The largest absolute Gasteiger partial charge is 1.00 e. The number of anilines is 1. The number of nitrogen functional groups attached to an aromatic ring is 1. The number of aliphatic hydroxyl groups is 1. The van der Waals surface area contributed by atoms with Gasteiger partial charge in [-0.25, -0.2) is 0 Å². The van der Waals surface area contributed by atoms with Crippen LogP contribution in [0, 0.1) is 114 Å². The number of nitrogens with zero attached hydrogens (tertiary/aromatic N) is 6. The Kier molecular flexibility index (Phi) is 73.3. The molecule has 0 unspecified atom stereocenters. The number of carbonyl (C=O) groups excluding carboxylic acids is 1. The van der Waals surface area contributed by atoms with E-state index >= 15 is 0 Å². The normalized spacial score (nSPS) is 13.3. The topological polar surface area (TPSA) is 385 Å². The van der Waals surface area contributed by atoms with E-state index in [0.717, 1.165) is 81.8 Å². The number of aryl methyl sites for hydroxylation is 8. The fraction of sp³-hybridized carbons (Fsp3) is 0.437. The summed E-state index contributed by atoms with van der Waals surface area (Å²) in [5.41, 5.74) is 24.6. The number of phenolic OH excluding ortho intramolecular Hbond substituents is 1. The number of benzene rings is 9. The molecule has 9 aromatic rings. The molecular weight excluding hydrogens is 2140 g/mol. The molecule has 0 radical (unpaired) electrons. The zero-order chi connectivity index (χ0) is 99.9. The monoisotopic (exact) mass is 2280 g/mol. The quantitative estimate of drug-likeness (QED) is 0.00569. The van der Waals surface area contributed by atoms with Crippen molar-refractivity contribution < 1.29 is 88.4 Å². The Bertz CT molecular complexity index is 4770. The van der Waals surface area contributed by atoms with Crippen molar-refractivity contribution in [1.82, 2.24) is 10.6 Å². The van der Waals surface area contributed by atoms with E-state index in [0.29, 0.717) is 65.3 Å². The third kappa shape index (κ3) is 60.0. The molecule has 2 fully saturated rings. The molecule has 4 atom stereocenters. The summed E-state index contributed by atoms with van der Waals surface area (Å²) in [7, 11) is 0. The summed E-state index contributed by atoms with van der Waals surface area (Å²) in [6, 6.07) is 65.2. The van der Waals surface area contributed by atoms with Gasteiger partial charge in [0.25, 0.3) is 0 Å². The molecular formula is C103H144BrCuI3N10O15-. The van der Waals surface area contributed by atoms with Gasteiger partial charge in [0.1, 0.15) is 40.4 Å². The number of hydrogen-bond donors (Lipinski definition) is 6. The van der Waals surface area contributed by atoms with Crippen LogP contribution in [0.4, 0.5) is 17.1 Å². The fourth-order valence-electron chi connectivity index (χ4n) is 12.1. The number of aromatic hydroxyl groups is 1. The molecule has 11 rings (SSSR count). The van der Waals surface area contributed by atoms with Crippen molar-refractivity contribution in [3.63, 3.8) is 0 Å². The minimum Gasteiger partial charge on any atom is -0.512 e. The maximum Gasteiger partial charge on any atom is 1.00 e. The average Bonchev–Trinajstić information content (AvgIpc) is 0.832. The third-order valence-electron chi connectivity index (χ3n) is 17.3. The molecule has 25 nitrogen and oxygen atoms in total. The molecule has 0 aromatic heterocycles. The first-order chi connectivity index (χ1) is 61.9. The van der Waals surface area contributed by atoms with E-state index in [1.165, 1.54) is 78.6 Å². The Hall–Kier alpha value is -9.25. The summed E-state index contributed by atoms with van der Waals surface area (Å²) in [5, 5.41) is 69.3. The average molecular weight is 2290 g/mol. The second-order valence-corrected chi connectivity index (χ2v) is 49.7. The summed E-state index contributed by atoms with van der Waals surface area (Å²) in [6.07, 6.45) is 8.78. The second kappa shape index (κ2) is 75.0. The predicted molar refractivity (Wildman–Crippen MR) is 553 cm³/mol. The molecule has 2 heterocycles. The van der Waals surface area contributed by atoms with Crippen molar-refractivity contribution in [1.29, 1.82) is 15.8 Å². The number of phenols is 1. The SMILES string of the molecule is C.CC#N.CC(C)(C)ON=O.CCO.Cc1ccc(O)c([N+](=O)[O-])c1.Cc1ccc(OC(C)C)c(Br)c1.Cc1ccc(OC(C)C)c(C#N)c1.Cc1ccc(OC(C)C)c(C=O)c1.Cc1ccc(OC(C)C)c(CC[C@H]2CCCN[C@H]2c2ccccc2)c1.Cc1ccc(OC(C)C)c(N)c1.Cc1ccc(OC(C)C)c([N+](=O)[O-])c1.I[I-]I.N[C@H]1CCCN[C@H]1c1ccccc1.[C-]#N.[Cu+]. The summed E-state index contributed by atoms with van der Waals surface area (Å²) in [4.78, 5) is 44.2. The molecule has 133 heavy (non-hydrogen) atoms. The molecule has 9 aromatic carbocycles. The van der Waals surface area contributed by atoms with Crippen LogP contribution in [-0.4, -0.2) is 94.3 Å². The van der Waals surface area contributed by atoms with Crippen LogP contribution in [0.25, 0.3) is 0 Å². The zero-order valence-electron chi connectivity index (χ0n) is 81.0. The number of ether oxygens (including phenoxy) is 6. The summed E-state index contributed by atoms with van der Waals surface area (Å²) >= 11 is 8.75. The van der Waals surface area contributed by atoms with Gasteiger partial charge in [0.15, 0.2) is 23.1 Å². The van der Waals surface area contributed by atoms with Crippen LogP contribution >= 0.6 is 53.2 Å². The van der Waals surface area contributed by atoms with Gasteiger partial charge in [0.2, 0.25) is 0 Å². The number of nitrogens with two attached hydrogens (primary N) is 2. The first-order valence-corrected chi connectivity index (χ1v) is 56.6. The first kappa shape index (κ1) is 130. The number of aliphatic hydroxyl groups excluding tert-OH is 1. The third-order valence-corrected chi connectivity index (χ3v) is 18.0. The van der Waals surface area contributed by atoms with Crippen LogP contribution < -0.4 is 63.8 Å². The van der Waals surface area contributed by atoms with E-state index in [2.05, 4.69) is 187 Å². The number of halogens is 4. The Labute approximate surface area is 842 Å². The molecule has 0 spiro atoms. The van der Waals surface area contributed by atoms with E-state index in [4.69, 9.17) is 72.5 Å². The number of aldehydes is 1. The van der Waals surface area contributed by atoms with Gasteiger partial charge in [0, 0.05) is 43.8 Å². The Morgan fingerprint density at radius 1 is 0.564 bits per heavy atom. The molecule has 2 saturated heterocycles. The second-order valence-electron chi connectivity index (χ2n) is 32.6. The van der Waals surface area contributed by atoms with Gasteiger partial charge >= 0.3 is 78.9 Å². The van der Waals surface area contributed by atoms with Gasteiger partial charge in [-0.2, -0.15) is 10.5 Å². The standard InChI is InChI=1S/C23H31NO.C11H16N2.C11H13NO.C11H14O2.C10H13BrO.C10H13NO3.C10H15NO.C7H7NO3.C4H9NO2.C2H3N.C2H6O.CN.CH4.Cu.I3/c1-17(2)25-22-14-11-18(3)16-21(22)13-12-20-10-7-15-24-23(20)19-8-5-4-6-9-19;12-10-7-4-8-13-11(10)9-5-2-1-3-6-9;2*1-8(2)13-11-5-4-9(3)6-10(11)7-12;1-7(2)12-10-5-4-8(3)6-9(10)11;1-7(2)14-10-5-4-8(3)6-9(10)11(12)13;1-7(2)12-10-5-4-8(3)6-9(10)11;1-5-2-3-7(9)6(4-5)8(10)11;1-4(2,3)7-5-6;2*1-2-3;1-2;;;1-3-2/h4-6,8-9,11,14,16-17,20,23-24H,7,10,12-13,15H2,1-3H3;1-3,5-6,10-11,13H,4,7-8,12H2;4-6,8H,1-3H3;4-8H,1-3H3;4-7H,1-3H3;4-7H,1-3H3;4-7H,11H2,1-3H3;2-4,9H,1H3;1-3H3;1H3;3H,2H2,1H3;;1H4;;/q;;;;;;;;;;;-1;;+1;-1/t20-,23+;10-,11-;;;;;;;;;;;;;/m10............./s1. The number of carbonyl (C=O) groups is 1. The van der Waals surface area contributed by atoms with E-state index in [1.807, 2.05) is 170 Å². The Balaban J connectivity index is -0.000000704. The number of nitrogens with one attached hydrogen (secondary N) is 2. The summed E-state index contributed by atoms with van der Waals surface area (Å²) in [6.45, 7) is 52.9. The Morgan fingerprint density at radius 2 is 0.917 bits per heavy atom. The molecule has 0 bridgehead atoms. The van der Waals surface area contributed by atoms with Crippen LogP contribution in [0.2, 0.25) is 0 Å². The van der Waals surface area contributed by atoms with Crippen molar-refractivity contribution in [2.45, 2.75) is 272 Å². The predicted octanol–water partition coefficient (Wildman–Crippen LogP) is 23.9. The van der Waals surface area contributed by atoms with Crippen molar-refractivity contribution in [3.05, 3.63) is 291 Å². The summed E-state index contributed by atoms with van der Waals surface area (Å²) < 4.78 is 34.3. The number of nitriles is 2. The minimum atomic E-state index is -0.609. The zero-order valence-corrected chi connectivity index (χ0v) is 90.0. The molecule has 0 aliphatic carbocycles. The Morgan fingerprint density at radius 3 is 1.34 bits per heavy atom. The van der Waals surface area contributed by atoms with E-state index in [9.17, 15) is 29.9 Å². The minimum absolute atomic E-state index is 0. The van der Waals surface area contributed by atoms with Crippen molar-refractivity contribution in [2.75, 3.05) is 25.4 Å². The molecule has 736 valence electrons. The smallest absolute Gasteiger partial charge is 0.512 e. The van der Waals surface area contributed by atoms with E-state index in [-0.39, 0.29) is 90.9 Å². The number of piperidine rings is 2. The molecule has 0 saturated carbocycles. The summed E-state index contributed by atoms with van der Waals surface area (Å²) in [5.74, 6) is 4.80. The first-order valence-electron chi connectivity index (χ1n) is 43.2. The van der Waals surface area contributed by atoms with Crippen LogP contribution in [0.15, 0.2) is 198 Å². The van der Waals surface area contributed by atoms with Gasteiger partial charge in [-0.1, -0.05) is 128 Å². The fourth-order valence-corrected chi connectivity index (χ4v) is 12.7. The van der Waals surface area contributed by atoms with Crippen LogP contribution in [0.5, 0.6) is 40.2 Å². The molecule has 2 aliphatic rings. The number of hydrogen-bond acceptors (Lipinski definition) is 23. The van der Waals surface area contributed by atoms with Gasteiger partial charge in [-0.15, -0.1) is 4.91 Å². The van der Waals surface area contributed by atoms with E-state index in [1.54, 1.807) is 58.9 Å². The van der Waals surface area contributed by atoms with E-state index < -0.39 is 15.4 Å². The molecule has 2 aliphatic heterocycles. The van der Waals surface area contributed by atoms with Crippen LogP contribution in [-0.2, 0) is 28.3 Å². The van der Waals surface area contributed by atoms with Crippen molar-refractivity contribution in [2.24, 2.45) is 17.0 Å². The van der Waals surface area contributed by atoms with Gasteiger partial charge < -0.3 is 77.4 Å². The van der Waals surface area contributed by atoms with Gasteiger partial charge in [-0.05, 0) is 344 Å². The van der Waals surface area contributed by atoms with Crippen molar-refractivity contribution >= 4 is 76.5 Å².